The highest BCUT2D eigenvalue weighted by Gasteiger charge is 2.17. The van der Waals surface area contributed by atoms with Crippen LogP contribution in [0.3, 0.4) is 0 Å². The molecule has 0 spiro atoms. The molecule has 0 aliphatic carbocycles. The van der Waals surface area contributed by atoms with E-state index in [2.05, 4.69) is 4.98 Å². The van der Waals surface area contributed by atoms with Gasteiger partial charge in [-0.15, -0.1) is 0 Å². The van der Waals surface area contributed by atoms with Crippen molar-refractivity contribution in [3.8, 4) is 17.2 Å². The van der Waals surface area contributed by atoms with Gasteiger partial charge in [0.1, 0.15) is 17.3 Å². The first-order chi connectivity index (χ1) is 10.9. The summed E-state index contributed by atoms with van der Waals surface area (Å²) in [5.41, 5.74) is 0.881. The van der Waals surface area contributed by atoms with Gasteiger partial charge in [-0.2, -0.15) is 0 Å². The van der Waals surface area contributed by atoms with E-state index in [0.717, 1.165) is 0 Å². The molecule has 0 unspecified atom stereocenters. The van der Waals surface area contributed by atoms with Crippen molar-refractivity contribution in [1.29, 1.82) is 0 Å². The molecule has 0 fully saturated rings. The van der Waals surface area contributed by atoms with Gasteiger partial charge in [0, 0.05) is 13.1 Å². The zero-order valence-electron chi connectivity index (χ0n) is 13.4. The SMILES string of the molecule is COc1ccc(F)c(-c2nc(CN(C)C[C@H](O)CO)c(C)o2)c1. The van der Waals surface area contributed by atoms with Crippen LogP contribution in [0.5, 0.6) is 5.75 Å². The van der Waals surface area contributed by atoms with Crippen LogP contribution in [0, 0.1) is 12.7 Å². The van der Waals surface area contributed by atoms with Gasteiger partial charge >= 0.3 is 0 Å². The second-order valence-electron chi connectivity index (χ2n) is 5.40. The minimum absolute atomic E-state index is 0.185. The van der Waals surface area contributed by atoms with E-state index in [-0.39, 0.29) is 18.1 Å². The van der Waals surface area contributed by atoms with Gasteiger partial charge in [0.25, 0.3) is 0 Å². The van der Waals surface area contributed by atoms with Gasteiger partial charge in [-0.05, 0) is 32.2 Å². The predicted molar refractivity (Wildman–Crippen MR) is 82.6 cm³/mol. The van der Waals surface area contributed by atoms with Crippen molar-refractivity contribution >= 4 is 0 Å². The Kier molecular flexibility index (Phi) is 5.70. The molecule has 1 aromatic carbocycles. The number of oxazole rings is 1. The Morgan fingerprint density at radius 2 is 2.17 bits per heavy atom. The molecule has 0 amide bonds. The summed E-state index contributed by atoms with van der Waals surface area (Å²) < 4.78 is 24.6. The Morgan fingerprint density at radius 3 is 2.83 bits per heavy atom. The summed E-state index contributed by atoms with van der Waals surface area (Å²) in [6.07, 6.45) is -0.817. The number of benzene rings is 1. The minimum Gasteiger partial charge on any atom is -0.497 e. The summed E-state index contributed by atoms with van der Waals surface area (Å²) in [7, 11) is 3.30. The zero-order chi connectivity index (χ0) is 17.0. The van der Waals surface area contributed by atoms with E-state index in [1.807, 2.05) is 0 Å². The van der Waals surface area contributed by atoms with Gasteiger partial charge in [0.15, 0.2) is 0 Å². The number of halogens is 1. The molecule has 0 aliphatic rings. The van der Waals surface area contributed by atoms with Crippen molar-refractivity contribution in [1.82, 2.24) is 9.88 Å². The predicted octanol–water partition coefficient (Wildman–Crippen LogP) is 1.58. The third-order valence-electron chi connectivity index (χ3n) is 3.45. The highest BCUT2D eigenvalue weighted by Crippen LogP contribution is 2.28. The number of nitrogens with zero attached hydrogens (tertiary/aromatic N) is 2. The molecule has 0 aliphatic heterocycles. The maximum atomic E-state index is 14.0. The molecule has 6 nitrogen and oxygen atoms in total. The number of aryl methyl sites for hydroxylation is 1. The topological polar surface area (TPSA) is 79.0 Å². The fraction of sp³-hybridized carbons (Fsp3) is 0.438. The average Bonchev–Trinajstić information content (AvgIpc) is 2.88. The highest BCUT2D eigenvalue weighted by molar-refractivity contribution is 5.57. The molecule has 2 aromatic rings. The lowest BCUT2D eigenvalue weighted by Gasteiger charge is -2.18. The zero-order valence-corrected chi connectivity index (χ0v) is 13.4. The molecule has 0 bridgehead atoms. The van der Waals surface area contributed by atoms with Crippen LogP contribution in [0.25, 0.3) is 11.5 Å². The van der Waals surface area contributed by atoms with Crippen LogP contribution in [-0.2, 0) is 6.54 Å². The molecule has 1 heterocycles. The Labute approximate surface area is 134 Å². The van der Waals surface area contributed by atoms with E-state index in [4.69, 9.17) is 14.3 Å². The van der Waals surface area contributed by atoms with Gasteiger partial charge in [-0.25, -0.2) is 9.37 Å². The third kappa shape index (κ3) is 4.28. The standard InChI is InChI=1S/C16H21FN2O4/c1-10-15(8-19(2)7-11(21)9-20)18-16(23-10)13-6-12(22-3)4-5-14(13)17/h4-6,11,20-21H,7-9H2,1-3H3/t11-/m0/s1. The number of methoxy groups -OCH3 is 1. The molecule has 0 saturated carbocycles. The second kappa shape index (κ2) is 7.54. The third-order valence-corrected chi connectivity index (χ3v) is 3.45. The number of aromatic nitrogens is 1. The van der Waals surface area contributed by atoms with E-state index in [1.165, 1.54) is 25.3 Å². The average molecular weight is 324 g/mol. The maximum absolute atomic E-state index is 14.0. The van der Waals surface area contributed by atoms with Crippen molar-refractivity contribution in [2.45, 2.75) is 19.6 Å². The lowest BCUT2D eigenvalue weighted by Crippen LogP contribution is -2.31. The second-order valence-corrected chi connectivity index (χ2v) is 5.40. The number of ether oxygens (including phenoxy) is 1. The summed E-state index contributed by atoms with van der Waals surface area (Å²) in [5.74, 6) is 0.835. The van der Waals surface area contributed by atoms with Crippen LogP contribution in [0.15, 0.2) is 22.6 Å². The largest absolute Gasteiger partial charge is 0.497 e. The molecule has 0 radical (unpaired) electrons. The van der Waals surface area contributed by atoms with Crippen molar-refractivity contribution < 1.29 is 23.8 Å². The van der Waals surface area contributed by atoms with Gasteiger partial charge in [-0.1, -0.05) is 0 Å². The van der Waals surface area contributed by atoms with Crippen molar-refractivity contribution in [3.05, 3.63) is 35.5 Å². The number of hydrogen-bond acceptors (Lipinski definition) is 6. The van der Waals surface area contributed by atoms with Crippen molar-refractivity contribution in [2.75, 3.05) is 27.3 Å². The van der Waals surface area contributed by atoms with E-state index in [0.29, 0.717) is 30.3 Å². The van der Waals surface area contributed by atoms with E-state index >= 15 is 0 Å². The summed E-state index contributed by atoms with van der Waals surface area (Å²) >= 11 is 0. The molecule has 0 saturated heterocycles. The molecule has 1 atom stereocenters. The molecule has 126 valence electrons. The summed E-state index contributed by atoms with van der Waals surface area (Å²) in [6.45, 7) is 2.16. The fourth-order valence-electron chi connectivity index (χ4n) is 2.22. The van der Waals surface area contributed by atoms with Gasteiger partial charge in [0.05, 0.1) is 31.1 Å². The first-order valence-corrected chi connectivity index (χ1v) is 7.22. The normalized spacial score (nSPS) is 12.7. The molecular weight excluding hydrogens is 303 g/mol. The van der Waals surface area contributed by atoms with E-state index in [1.54, 1.807) is 18.9 Å². The molecule has 7 heteroatoms. The number of hydrogen-bond donors (Lipinski definition) is 2. The van der Waals surface area contributed by atoms with Gasteiger partial charge in [-0.3, -0.25) is 4.90 Å². The monoisotopic (exact) mass is 324 g/mol. The Bertz CT molecular complexity index is 660. The maximum Gasteiger partial charge on any atom is 0.229 e. The van der Waals surface area contributed by atoms with E-state index in [9.17, 15) is 9.50 Å². The number of aliphatic hydroxyl groups excluding tert-OH is 2. The van der Waals surface area contributed by atoms with Crippen LogP contribution in [0.4, 0.5) is 4.39 Å². The number of rotatable bonds is 7. The van der Waals surface area contributed by atoms with Crippen molar-refractivity contribution in [3.63, 3.8) is 0 Å². The molecule has 1 aromatic heterocycles. The highest BCUT2D eigenvalue weighted by atomic mass is 19.1. The van der Waals surface area contributed by atoms with Crippen LogP contribution in [0.2, 0.25) is 0 Å². The molecular formula is C16H21FN2O4. The molecule has 23 heavy (non-hydrogen) atoms. The quantitative estimate of drug-likeness (QED) is 0.805. The smallest absolute Gasteiger partial charge is 0.229 e. The lowest BCUT2D eigenvalue weighted by atomic mass is 10.2. The number of likely N-dealkylation sites (N-methyl/N-ethyl adjacent to an activating group) is 1. The fourth-order valence-corrected chi connectivity index (χ4v) is 2.22. The van der Waals surface area contributed by atoms with Crippen molar-refractivity contribution in [2.24, 2.45) is 0 Å². The summed E-state index contributed by atoms with van der Waals surface area (Å²) in [5, 5.41) is 18.3. The summed E-state index contributed by atoms with van der Waals surface area (Å²) in [6, 6.07) is 4.36. The van der Waals surface area contributed by atoms with Crippen LogP contribution < -0.4 is 4.74 Å². The Balaban J connectivity index is 2.21. The van der Waals surface area contributed by atoms with Crippen LogP contribution in [-0.4, -0.2) is 53.5 Å². The Hall–Kier alpha value is -1.96. The van der Waals surface area contributed by atoms with Crippen LogP contribution >= 0.6 is 0 Å². The van der Waals surface area contributed by atoms with Gasteiger partial charge < -0.3 is 19.4 Å². The molecule has 2 N–H and O–H groups in total. The molecule has 2 rings (SSSR count). The first-order valence-electron chi connectivity index (χ1n) is 7.22. The summed E-state index contributed by atoms with van der Waals surface area (Å²) in [4.78, 5) is 6.14. The first kappa shape index (κ1) is 17.4. The van der Waals surface area contributed by atoms with Crippen LogP contribution in [0.1, 0.15) is 11.5 Å². The van der Waals surface area contributed by atoms with Gasteiger partial charge in [0.2, 0.25) is 5.89 Å². The minimum atomic E-state index is -0.817. The van der Waals surface area contributed by atoms with E-state index < -0.39 is 11.9 Å². The Morgan fingerprint density at radius 1 is 1.43 bits per heavy atom. The lowest BCUT2D eigenvalue weighted by molar-refractivity contribution is 0.0644. The number of aliphatic hydroxyl groups is 2.